The number of benzene rings is 3. The Labute approximate surface area is 180 Å². The fourth-order valence-electron chi connectivity index (χ4n) is 2.61. The van der Waals surface area contributed by atoms with E-state index in [9.17, 15) is 19.7 Å². The number of hydrogen-bond acceptors (Lipinski definition) is 4. The summed E-state index contributed by atoms with van der Waals surface area (Å²) in [4.78, 5) is 36.1. The normalized spacial score (nSPS) is 10.9. The van der Waals surface area contributed by atoms with Crippen LogP contribution in [0.1, 0.15) is 15.9 Å². The molecule has 3 rings (SSSR count). The molecule has 0 aliphatic heterocycles. The molecule has 0 spiro atoms. The zero-order chi connectivity index (χ0) is 21.5. The molecule has 0 aliphatic carbocycles. The Kier molecular flexibility index (Phi) is 6.71. The van der Waals surface area contributed by atoms with Gasteiger partial charge in [0.25, 0.3) is 17.5 Å². The summed E-state index contributed by atoms with van der Waals surface area (Å²) < 4.78 is 0.570. The predicted octanol–water partition coefficient (Wildman–Crippen LogP) is 4.77. The van der Waals surface area contributed by atoms with Crippen molar-refractivity contribution in [1.29, 1.82) is 0 Å². The Morgan fingerprint density at radius 3 is 2.33 bits per heavy atom. The quantitative estimate of drug-likeness (QED) is 0.311. The van der Waals surface area contributed by atoms with Crippen LogP contribution in [0.4, 0.5) is 11.4 Å². The smallest absolute Gasteiger partial charge is 0.272 e. The highest BCUT2D eigenvalue weighted by Gasteiger charge is 2.17. The first-order chi connectivity index (χ1) is 14.4. The summed E-state index contributed by atoms with van der Waals surface area (Å²) in [5, 5.41) is 16.4. The van der Waals surface area contributed by atoms with Crippen LogP contribution < -0.4 is 10.6 Å². The summed E-state index contributed by atoms with van der Waals surface area (Å²) >= 11 is 3.31. The lowest BCUT2D eigenvalue weighted by Gasteiger charge is -2.12. The van der Waals surface area contributed by atoms with Gasteiger partial charge < -0.3 is 10.6 Å². The van der Waals surface area contributed by atoms with E-state index in [1.54, 1.807) is 54.6 Å². The second kappa shape index (κ2) is 9.62. The van der Waals surface area contributed by atoms with Gasteiger partial charge in [0.05, 0.1) is 10.5 Å². The van der Waals surface area contributed by atoms with Gasteiger partial charge in [-0.05, 0) is 51.8 Å². The largest absolute Gasteiger partial charge is 0.321 e. The highest BCUT2D eigenvalue weighted by Crippen LogP contribution is 2.18. The second-order valence-electron chi connectivity index (χ2n) is 6.16. The molecule has 0 aliphatic rings. The van der Waals surface area contributed by atoms with Gasteiger partial charge in [0.2, 0.25) is 0 Å². The number of nitrogens with one attached hydrogen (secondary N) is 2. The average molecular weight is 466 g/mol. The molecule has 0 aromatic heterocycles. The average Bonchev–Trinajstić information content (AvgIpc) is 2.74. The molecule has 2 N–H and O–H groups in total. The van der Waals surface area contributed by atoms with E-state index in [0.717, 1.165) is 0 Å². The zero-order valence-electron chi connectivity index (χ0n) is 15.5. The lowest BCUT2D eigenvalue weighted by Crippen LogP contribution is -2.31. The van der Waals surface area contributed by atoms with Crippen LogP contribution in [0.2, 0.25) is 0 Å². The number of amides is 2. The number of carbonyl (C=O) groups is 2. The van der Waals surface area contributed by atoms with Crippen molar-refractivity contribution in [2.24, 2.45) is 0 Å². The third kappa shape index (κ3) is 5.39. The summed E-state index contributed by atoms with van der Waals surface area (Å²) in [5.74, 6) is -1.06. The van der Waals surface area contributed by atoms with Gasteiger partial charge in [0, 0.05) is 22.3 Å². The molecule has 7 nitrogen and oxygen atoms in total. The van der Waals surface area contributed by atoms with Gasteiger partial charge in [-0.2, -0.15) is 0 Å². The fraction of sp³-hybridized carbons (Fsp3) is 0. The molecular formula is C22H16BrN3O4. The van der Waals surface area contributed by atoms with Crippen molar-refractivity contribution in [3.63, 3.8) is 0 Å². The standard InChI is InChI=1S/C22H16BrN3O4/c23-19-12-5-4-11-18(19)21(27)25-20(22(28)24-16-8-2-1-3-9-16)14-15-7-6-10-17(13-15)26(29)30/h1-14H,(H,24,28)(H,25,27)/b20-14+. The second-order valence-corrected chi connectivity index (χ2v) is 7.02. The van der Waals surface area contributed by atoms with Crippen molar-refractivity contribution in [1.82, 2.24) is 5.32 Å². The van der Waals surface area contributed by atoms with Crippen LogP contribution in [-0.2, 0) is 4.79 Å². The van der Waals surface area contributed by atoms with Gasteiger partial charge in [-0.15, -0.1) is 0 Å². The zero-order valence-corrected chi connectivity index (χ0v) is 17.1. The molecule has 0 radical (unpaired) electrons. The number of nitro benzene ring substituents is 1. The molecule has 8 heteroatoms. The summed E-state index contributed by atoms with van der Waals surface area (Å²) in [6.45, 7) is 0. The number of carbonyl (C=O) groups excluding carboxylic acids is 2. The predicted molar refractivity (Wildman–Crippen MR) is 118 cm³/mol. The van der Waals surface area contributed by atoms with Gasteiger partial charge in [0.15, 0.2) is 0 Å². The van der Waals surface area contributed by atoms with E-state index in [1.165, 1.54) is 24.3 Å². The van der Waals surface area contributed by atoms with E-state index in [1.807, 2.05) is 6.07 Å². The van der Waals surface area contributed by atoms with Gasteiger partial charge in [-0.1, -0.05) is 42.5 Å². The van der Waals surface area contributed by atoms with Crippen molar-refractivity contribution >= 4 is 45.2 Å². The summed E-state index contributed by atoms with van der Waals surface area (Å²) in [6, 6.07) is 21.3. The molecule has 3 aromatic carbocycles. The van der Waals surface area contributed by atoms with E-state index in [4.69, 9.17) is 0 Å². The molecule has 0 saturated heterocycles. The third-order valence-corrected chi connectivity index (χ3v) is 4.73. The van der Waals surface area contributed by atoms with E-state index in [-0.39, 0.29) is 11.4 Å². The van der Waals surface area contributed by atoms with Crippen LogP contribution in [0.5, 0.6) is 0 Å². The van der Waals surface area contributed by atoms with E-state index in [2.05, 4.69) is 26.6 Å². The topological polar surface area (TPSA) is 101 Å². The lowest BCUT2D eigenvalue weighted by atomic mass is 10.1. The van der Waals surface area contributed by atoms with E-state index < -0.39 is 16.7 Å². The summed E-state index contributed by atoms with van der Waals surface area (Å²) in [7, 11) is 0. The Balaban J connectivity index is 1.94. The molecular weight excluding hydrogens is 450 g/mol. The monoisotopic (exact) mass is 465 g/mol. The number of nitro groups is 1. The van der Waals surface area contributed by atoms with Crippen molar-refractivity contribution in [3.8, 4) is 0 Å². The Hall–Kier alpha value is -3.78. The Morgan fingerprint density at radius 2 is 1.63 bits per heavy atom. The lowest BCUT2D eigenvalue weighted by molar-refractivity contribution is -0.384. The van der Waals surface area contributed by atoms with Crippen molar-refractivity contribution in [2.45, 2.75) is 0 Å². The summed E-state index contributed by atoms with van der Waals surface area (Å²) in [5.41, 5.74) is 1.11. The molecule has 0 bridgehead atoms. The number of non-ortho nitro benzene ring substituents is 1. The van der Waals surface area contributed by atoms with Crippen LogP contribution in [0, 0.1) is 10.1 Å². The third-order valence-electron chi connectivity index (χ3n) is 4.03. The van der Waals surface area contributed by atoms with Gasteiger partial charge in [-0.25, -0.2) is 0 Å². The molecule has 0 saturated carbocycles. The number of nitrogens with zero attached hydrogens (tertiary/aromatic N) is 1. The molecule has 0 atom stereocenters. The van der Waals surface area contributed by atoms with Gasteiger partial charge in [-0.3, -0.25) is 19.7 Å². The molecule has 150 valence electrons. The maximum absolute atomic E-state index is 12.8. The van der Waals surface area contributed by atoms with E-state index >= 15 is 0 Å². The van der Waals surface area contributed by atoms with Crippen LogP contribution in [0.15, 0.2) is 89.0 Å². The molecule has 0 unspecified atom stereocenters. The Morgan fingerprint density at radius 1 is 0.933 bits per heavy atom. The Bertz CT molecular complexity index is 1130. The highest BCUT2D eigenvalue weighted by atomic mass is 79.9. The number of para-hydroxylation sites is 1. The minimum atomic E-state index is -0.562. The first-order valence-electron chi connectivity index (χ1n) is 8.82. The molecule has 3 aromatic rings. The van der Waals surface area contributed by atoms with Gasteiger partial charge >= 0.3 is 0 Å². The van der Waals surface area contributed by atoms with Crippen molar-refractivity contribution in [2.75, 3.05) is 5.32 Å². The first-order valence-corrected chi connectivity index (χ1v) is 9.62. The molecule has 0 fully saturated rings. The molecule has 30 heavy (non-hydrogen) atoms. The minimum Gasteiger partial charge on any atom is -0.321 e. The number of anilines is 1. The number of halogens is 1. The SMILES string of the molecule is O=C(Nc1ccccc1)/C(=C\c1cccc([N+](=O)[O-])c1)NC(=O)c1ccccc1Br. The highest BCUT2D eigenvalue weighted by molar-refractivity contribution is 9.10. The first kappa shape index (κ1) is 20.9. The van der Waals surface area contributed by atoms with E-state index in [0.29, 0.717) is 21.3 Å². The van der Waals surface area contributed by atoms with Crippen LogP contribution >= 0.6 is 15.9 Å². The molecule has 2 amide bonds. The summed E-state index contributed by atoms with van der Waals surface area (Å²) in [6.07, 6.45) is 1.39. The number of hydrogen-bond donors (Lipinski definition) is 2. The van der Waals surface area contributed by atoms with Crippen LogP contribution in [0.3, 0.4) is 0 Å². The fourth-order valence-corrected chi connectivity index (χ4v) is 3.07. The van der Waals surface area contributed by atoms with Crippen molar-refractivity contribution in [3.05, 3.63) is 110 Å². The number of rotatable bonds is 6. The maximum Gasteiger partial charge on any atom is 0.272 e. The molecule has 0 heterocycles. The van der Waals surface area contributed by atoms with Crippen LogP contribution in [0.25, 0.3) is 6.08 Å². The minimum absolute atomic E-state index is 0.0555. The van der Waals surface area contributed by atoms with Gasteiger partial charge in [0.1, 0.15) is 5.70 Å². The van der Waals surface area contributed by atoms with Crippen LogP contribution in [-0.4, -0.2) is 16.7 Å². The maximum atomic E-state index is 12.8. The van der Waals surface area contributed by atoms with Crippen molar-refractivity contribution < 1.29 is 14.5 Å².